The van der Waals surface area contributed by atoms with Gasteiger partial charge in [0.25, 0.3) is 0 Å². The fourth-order valence-electron chi connectivity index (χ4n) is 3.36. The molecular formula is C22H28N2O5S2. The van der Waals surface area contributed by atoms with Crippen LogP contribution in [0.15, 0.2) is 52.3 Å². The maximum Gasteiger partial charge on any atom is 0.243 e. The van der Waals surface area contributed by atoms with Crippen molar-refractivity contribution in [1.29, 1.82) is 0 Å². The number of amides is 1. The maximum atomic E-state index is 12.7. The first-order valence-electron chi connectivity index (χ1n) is 10.1. The summed E-state index contributed by atoms with van der Waals surface area (Å²) in [4.78, 5) is 13.7. The number of sulfonamides is 1. The number of ether oxygens (including phenoxy) is 2. The molecule has 1 aliphatic heterocycles. The van der Waals surface area contributed by atoms with E-state index in [1.54, 1.807) is 44.6 Å². The largest absolute Gasteiger partial charge is 0.493 e. The van der Waals surface area contributed by atoms with E-state index < -0.39 is 10.0 Å². The molecule has 0 radical (unpaired) electrons. The molecule has 7 nitrogen and oxygen atoms in total. The van der Waals surface area contributed by atoms with Crippen LogP contribution in [0.2, 0.25) is 0 Å². The summed E-state index contributed by atoms with van der Waals surface area (Å²) in [5, 5.41) is 2.48. The molecule has 1 saturated heterocycles. The van der Waals surface area contributed by atoms with Crippen molar-refractivity contribution < 1.29 is 22.7 Å². The molecule has 1 atom stereocenters. The van der Waals surface area contributed by atoms with Crippen LogP contribution in [-0.4, -0.2) is 51.2 Å². The Labute approximate surface area is 188 Å². The fourth-order valence-corrected chi connectivity index (χ4v) is 5.77. The highest BCUT2D eigenvalue weighted by atomic mass is 32.2. The third-order valence-corrected chi connectivity index (χ3v) is 8.12. The average molecular weight is 465 g/mol. The number of nitrogens with one attached hydrogen (secondary N) is 1. The Morgan fingerprint density at radius 2 is 1.65 bits per heavy atom. The molecule has 1 N–H and O–H groups in total. The number of thioether (sulfide) groups is 1. The number of anilines is 1. The average Bonchev–Trinajstić information content (AvgIpc) is 2.79. The Bertz CT molecular complexity index is 1000. The van der Waals surface area contributed by atoms with Crippen LogP contribution in [0.25, 0.3) is 0 Å². The van der Waals surface area contributed by atoms with Gasteiger partial charge in [-0.25, -0.2) is 8.42 Å². The van der Waals surface area contributed by atoms with E-state index in [4.69, 9.17) is 9.47 Å². The summed E-state index contributed by atoms with van der Waals surface area (Å²) < 4.78 is 37.6. The van der Waals surface area contributed by atoms with Gasteiger partial charge in [-0.2, -0.15) is 4.31 Å². The Kier molecular flexibility index (Phi) is 7.85. The second kappa shape index (κ2) is 10.4. The lowest BCUT2D eigenvalue weighted by Crippen LogP contribution is -2.35. The van der Waals surface area contributed by atoms with Crippen molar-refractivity contribution >= 4 is 33.4 Å². The zero-order chi connectivity index (χ0) is 22.4. The number of carbonyl (C=O) groups excluding carboxylic acids is 1. The lowest BCUT2D eigenvalue weighted by atomic mass is 10.2. The Balaban J connectivity index is 1.62. The molecular weight excluding hydrogens is 436 g/mol. The van der Waals surface area contributed by atoms with Crippen molar-refractivity contribution in [3.8, 4) is 11.5 Å². The highest BCUT2D eigenvalue weighted by Gasteiger charge is 2.26. The minimum Gasteiger partial charge on any atom is -0.493 e. The van der Waals surface area contributed by atoms with Crippen LogP contribution in [0, 0.1) is 0 Å². The third-order valence-electron chi connectivity index (χ3n) is 5.11. The second-order valence-corrected chi connectivity index (χ2v) is 10.6. The van der Waals surface area contributed by atoms with E-state index >= 15 is 0 Å². The van der Waals surface area contributed by atoms with Gasteiger partial charge in [0, 0.05) is 23.7 Å². The van der Waals surface area contributed by atoms with E-state index in [0.29, 0.717) is 30.3 Å². The highest BCUT2D eigenvalue weighted by molar-refractivity contribution is 8.00. The summed E-state index contributed by atoms with van der Waals surface area (Å²) in [6, 6.07) is 11.8. The van der Waals surface area contributed by atoms with Crippen molar-refractivity contribution in [1.82, 2.24) is 4.31 Å². The molecule has 0 unspecified atom stereocenters. The third kappa shape index (κ3) is 5.72. The lowest BCUT2D eigenvalue weighted by Gasteiger charge is -2.25. The molecule has 0 aromatic heterocycles. The van der Waals surface area contributed by atoms with Gasteiger partial charge in [-0.3, -0.25) is 4.79 Å². The van der Waals surface area contributed by atoms with Crippen LogP contribution in [0.3, 0.4) is 0 Å². The number of piperidine rings is 1. The highest BCUT2D eigenvalue weighted by Crippen LogP contribution is 2.33. The maximum absolute atomic E-state index is 12.7. The van der Waals surface area contributed by atoms with Crippen LogP contribution >= 0.6 is 11.8 Å². The molecule has 31 heavy (non-hydrogen) atoms. The zero-order valence-electron chi connectivity index (χ0n) is 18.0. The van der Waals surface area contributed by atoms with Gasteiger partial charge >= 0.3 is 0 Å². The van der Waals surface area contributed by atoms with E-state index in [0.717, 1.165) is 24.2 Å². The van der Waals surface area contributed by atoms with E-state index in [1.807, 2.05) is 19.1 Å². The number of rotatable bonds is 8. The van der Waals surface area contributed by atoms with Crippen LogP contribution in [0.5, 0.6) is 11.5 Å². The predicted molar refractivity (Wildman–Crippen MR) is 123 cm³/mol. The Hall–Kier alpha value is -2.23. The van der Waals surface area contributed by atoms with Crippen LogP contribution in [0.4, 0.5) is 5.69 Å². The first kappa shape index (κ1) is 23.4. The summed E-state index contributed by atoms with van der Waals surface area (Å²) in [7, 11) is -0.342. The summed E-state index contributed by atoms with van der Waals surface area (Å²) in [5.74, 6) is 1.06. The fraction of sp³-hybridized carbons (Fsp3) is 0.409. The summed E-state index contributed by atoms with van der Waals surface area (Å²) in [6.45, 7) is 2.93. The molecule has 0 bridgehead atoms. The van der Waals surface area contributed by atoms with Crippen LogP contribution in [-0.2, 0) is 14.8 Å². The van der Waals surface area contributed by atoms with Gasteiger partial charge in [-0.1, -0.05) is 6.42 Å². The smallest absolute Gasteiger partial charge is 0.243 e. The van der Waals surface area contributed by atoms with Gasteiger partial charge in [-0.05, 0) is 62.2 Å². The number of hydrogen-bond acceptors (Lipinski definition) is 6. The Morgan fingerprint density at radius 1 is 1.00 bits per heavy atom. The molecule has 3 rings (SSSR count). The first-order chi connectivity index (χ1) is 14.8. The van der Waals surface area contributed by atoms with Crippen LogP contribution in [0.1, 0.15) is 26.2 Å². The molecule has 1 amide bonds. The number of carbonyl (C=O) groups is 1. The summed E-state index contributed by atoms with van der Waals surface area (Å²) >= 11 is 1.40. The summed E-state index contributed by atoms with van der Waals surface area (Å²) in [6.07, 6.45) is 2.85. The minimum absolute atomic E-state index is 0.175. The number of nitrogens with zero attached hydrogens (tertiary/aromatic N) is 1. The molecule has 9 heteroatoms. The van der Waals surface area contributed by atoms with E-state index in [-0.39, 0.29) is 16.1 Å². The quantitative estimate of drug-likeness (QED) is 0.595. The van der Waals surface area contributed by atoms with Gasteiger partial charge in [0.1, 0.15) is 0 Å². The van der Waals surface area contributed by atoms with Crippen molar-refractivity contribution in [2.75, 3.05) is 32.6 Å². The molecule has 168 valence electrons. The predicted octanol–water partition coefficient (Wildman–Crippen LogP) is 4.00. The normalized spacial score (nSPS) is 15.8. The molecule has 1 aliphatic rings. The molecule has 2 aromatic carbocycles. The molecule has 0 spiro atoms. The summed E-state index contributed by atoms with van der Waals surface area (Å²) in [5.41, 5.74) is 0.558. The second-order valence-electron chi connectivity index (χ2n) is 7.26. The lowest BCUT2D eigenvalue weighted by molar-refractivity contribution is -0.115. The SMILES string of the molecule is COc1ccc(S[C@@H](C)C(=O)Nc2ccc(S(=O)(=O)N3CCCCC3)cc2)cc1OC. The number of benzene rings is 2. The van der Waals surface area contributed by atoms with Crippen molar-refractivity contribution in [2.45, 2.75) is 41.2 Å². The van der Waals surface area contributed by atoms with Crippen LogP contribution < -0.4 is 14.8 Å². The Morgan fingerprint density at radius 3 is 2.26 bits per heavy atom. The van der Waals surface area contributed by atoms with Gasteiger partial charge in [0.15, 0.2) is 11.5 Å². The van der Waals surface area contributed by atoms with Crippen molar-refractivity contribution in [3.63, 3.8) is 0 Å². The zero-order valence-corrected chi connectivity index (χ0v) is 19.6. The first-order valence-corrected chi connectivity index (χ1v) is 12.5. The molecule has 1 fully saturated rings. The molecule has 0 saturated carbocycles. The minimum atomic E-state index is -3.48. The topological polar surface area (TPSA) is 84.9 Å². The van der Waals surface area contributed by atoms with Gasteiger partial charge in [0.05, 0.1) is 24.4 Å². The van der Waals surface area contributed by atoms with E-state index in [9.17, 15) is 13.2 Å². The van der Waals surface area contributed by atoms with Gasteiger partial charge in [-0.15, -0.1) is 11.8 Å². The molecule has 1 heterocycles. The van der Waals surface area contributed by atoms with Gasteiger partial charge in [0.2, 0.25) is 15.9 Å². The monoisotopic (exact) mass is 464 g/mol. The number of hydrogen-bond donors (Lipinski definition) is 1. The van der Waals surface area contributed by atoms with Gasteiger partial charge < -0.3 is 14.8 Å². The van der Waals surface area contributed by atoms with E-state index in [1.165, 1.54) is 16.1 Å². The molecule has 2 aromatic rings. The van der Waals surface area contributed by atoms with Crippen molar-refractivity contribution in [3.05, 3.63) is 42.5 Å². The molecule has 0 aliphatic carbocycles. The van der Waals surface area contributed by atoms with E-state index in [2.05, 4.69) is 5.32 Å². The number of methoxy groups -OCH3 is 2. The van der Waals surface area contributed by atoms with Crippen molar-refractivity contribution in [2.24, 2.45) is 0 Å². The standard InChI is InChI=1S/C22H28N2O5S2/c1-16(30-18-9-12-20(28-2)21(15-18)29-3)22(25)23-17-7-10-19(11-8-17)31(26,27)24-13-5-4-6-14-24/h7-12,15-16H,4-6,13-14H2,1-3H3,(H,23,25)/t16-/m0/s1.